The van der Waals surface area contributed by atoms with Gasteiger partial charge in [0.15, 0.2) is 0 Å². The fourth-order valence-electron chi connectivity index (χ4n) is 1.03. The van der Waals surface area contributed by atoms with Gasteiger partial charge in [-0.15, -0.1) is 12.4 Å². The number of hydrogen-bond donors (Lipinski definition) is 2. The summed E-state index contributed by atoms with van der Waals surface area (Å²) in [6.45, 7) is 1.45. The van der Waals surface area contributed by atoms with Gasteiger partial charge in [-0.25, -0.2) is 0 Å². The molecule has 1 aromatic carbocycles. The van der Waals surface area contributed by atoms with Crippen molar-refractivity contribution in [1.29, 1.82) is 0 Å². The minimum Gasteiger partial charge on any atom is -0.324 e. The second-order valence-corrected chi connectivity index (χ2v) is 4.43. The Kier molecular flexibility index (Phi) is 6.51. The minimum absolute atomic E-state index is 0. The van der Waals surface area contributed by atoms with Gasteiger partial charge >= 0.3 is 5.51 Å². The van der Waals surface area contributed by atoms with Gasteiger partial charge < -0.3 is 11.1 Å². The third kappa shape index (κ3) is 5.61. The molecule has 0 aromatic heterocycles. The normalized spacial score (nSPS) is 12.5. The molecule has 1 amide bonds. The molecule has 1 unspecified atom stereocenters. The van der Waals surface area contributed by atoms with Crippen LogP contribution in [0, 0.1) is 0 Å². The summed E-state index contributed by atoms with van der Waals surface area (Å²) in [5.74, 6) is -0.528. The van der Waals surface area contributed by atoms with Crippen LogP contribution in [0.2, 0.25) is 0 Å². The van der Waals surface area contributed by atoms with Crippen molar-refractivity contribution in [3.05, 3.63) is 24.3 Å². The standard InChI is InChI=1S/C10H11F3N2OS.ClH/c1-6(14)9(16)15-7-4-2-3-5-8(7)17-10(11,12)13;/h2-6H,14H2,1H3,(H,15,16);1H. The van der Waals surface area contributed by atoms with Crippen LogP contribution in [0.5, 0.6) is 0 Å². The Hall–Kier alpha value is -0.920. The number of benzene rings is 1. The summed E-state index contributed by atoms with van der Waals surface area (Å²) in [6, 6.07) is 4.91. The Morgan fingerprint density at radius 3 is 2.44 bits per heavy atom. The number of rotatable bonds is 3. The number of para-hydroxylation sites is 1. The van der Waals surface area contributed by atoms with Crippen LogP contribution in [0.15, 0.2) is 29.2 Å². The lowest BCUT2D eigenvalue weighted by molar-refractivity contribution is -0.117. The Labute approximate surface area is 113 Å². The largest absolute Gasteiger partial charge is 0.446 e. The molecule has 0 saturated heterocycles. The van der Waals surface area contributed by atoms with Crippen molar-refractivity contribution in [2.24, 2.45) is 5.73 Å². The lowest BCUT2D eigenvalue weighted by Crippen LogP contribution is -2.32. The summed E-state index contributed by atoms with van der Waals surface area (Å²) >= 11 is -0.274. The van der Waals surface area contributed by atoms with Gasteiger partial charge in [0, 0.05) is 4.90 Å². The van der Waals surface area contributed by atoms with Crippen LogP contribution in [0.3, 0.4) is 0 Å². The van der Waals surface area contributed by atoms with E-state index in [1.54, 1.807) is 0 Å². The van der Waals surface area contributed by atoms with E-state index in [0.717, 1.165) is 0 Å². The number of carbonyl (C=O) groups is 1. The first-order valence-electron chi connectivity index (χ1n) is 4.71. The van der Waals surface area contributed by atoms with Crippen LogP contribution >= 0.6 is 24.2 Å². The third-order valence-electron chi connectivity index (χ3n) is 1.78. The highest BCUT2D eigenvalue weighted by molar-refractivity contribution is 8.00. The van der Waals surface area contributed by atoms with E-state index >= 15 is 0 Å². The summed E-state index contributed by atoms with van der Waals surface area (Å²) in [5.41, 5.74) is 1.03. The van der Waals surface area contributed by atoms with Gasteiger partial charge in [0.25, 0.3) is 0 Å². The quantitative estimate of drug-likeness (QED) is 0.844. The van der Waals surface area contributed by atoms with E-state index in [4.69, 9.17) is 5.73 Å². The topological polar surface area (TPSA) is 55.1 Å². The minimum atomic E-state index is -4.39. The SMILES string of the molecule is CC(N)C(=O)Nc1ccccc1SC(F)(F)F.Cl. The monoisotopic (exact) mass is 300 g/mol. The van der Waals surface area contributed by atoms with E-state index in [1.165, 1.54) is 31.2 Å². The van der Waals surface area contributed by atoms with Crippen LogP contribution in [0.1, 0.15) is 6.92 Å². The van der Waals surface area contributed by atoms with E-state index < -0.39 is 17.5 Å². The van der Waals surface area contributed by atoms with Gasteiger partial charge in [0.2, 0.25) is 5.91 Å². The highest BCUT2D eigenvalue weighted by atomic mass is 35.5. The van der Waals surface area contributed by atoms with Crippen LogP contribution < -0.4 is 11.1 Å². The van der Waals surface area contributed by atoms with E-state index in [-0.39, 0.29) is 34.8 Å². The predicted molar refractivity (Wildman–Crippen MR) is 67.9 cm³/mol. The number of anilines is 1. The smallest absolute Gasteiger partial charge is 0.324 e. The zero-order valence-electron chi connectivity index (χ0n) is 9.32. The first-order chi connectivity index (χ1) is 7.79. The molecule has 0 aliphatic rings. The molecule has 0 radical (unpaired) electrons. The third-order valence-corrected chi connectivity index (χ3v) is 2.59. The number of alkyl halides is 3. The summed E-state index contributed by atoms with van der Waals surface area (Å²) in [6.07, 6.45) is 0. The maximum Gasteiger partial charge on any atom is 0.446 e. The van der Waals surface area contributed by atoms with Gasteiger partial charge in [-0.2, -0.15) is 13.2 Å². The Balaban J connectivity index is 0.00000289. The molecular weight excluding hydrogens is 289 g/mol. The molecule has 0 saturated carbocycles. The molecular formula is C10H12ClF3N2OS. The molecule has 18 heavy (non-hydrogen) atoms. The highest BCUT2D eigenvalue weighted by Gasteiger charge is 2.30. The summed E-state index contributed by atoms with van der Waals surface area (Å²) < 4.78 is 36.7. The predicted octanol–water partition coefficient (Wildman–Crippen LogP) is 3.01. The molecule has 0 fully saturated rings. The van der Waals surface area contributed by atoms with Crippen molar-refractivity contribution in [2.75, 3.05) is 5.32 Å². The van der Waals surface area contributed by atoms with Crippen LogP contribution in [0.4, 0.5) is 18.9 Å². The fraction of sp³-hybridized carbons (Fsp3) is 0.300. The molecule has 3 N–H and O–H groups in total. The lowest BCUT2D eigenvalue weighted by atomic mass is 10.3. The van der Waals surface area contributed by atoms with Gasteiger partial charge in [-0.3, -0.25) is 4.79 Å². The summed E-state index contributed by atoms with van der Waals surface area (Å²) in [7, 11) is 0. The number of thioether (sulfide) groups is 1. The molecule has 102 valence electrons. The van der Waals surface area contributed by atoms with Gasteiger partial charge in [-0.05, 0) is 30.8 Å². The average Bonchev–Trinajstić information content (AvgIpc) is 2.18. The number of halogens is 4. The molecule has 0 aliphatic carbocycles. The number of amides is 1. The molecule has 1 aromatic rings. The number of carbonyl (C=O) groups excluding carboxylic acids is 1. The summed E-state index contributed by atoms with van der Waals surface area (Å²) in [4.78, 5) is 11.2. The second-order valence-electron chi connectivity index (χ2n) is 3.32. The fourth-order valence-corrected chi connectivity index (χ4v) is 1.66. The summed E-state index contributed by atoms with van der Waals surface area (Å²) in [5, 5.41) is 2.35. The van der Waals surface area contributed by atoms with Crippen molar-refractivity contribution in [1.82, 2.24) is 0 Å². The maximum absolute atomic E-state index is 12.2. The average molecular weight is 301 g/mol. The van der Waals surface area contributed by atoms with Crippen LogP contribution in [0.25, 0.3) is 0 Å². The second kappa shape index (κ2) is 6.86. The molecule has 1 rings (SSSR count). The number of nitrogens with one attached hydrogen (secondary N) is 1. The molecule has 8 heteroatoms. The van der Waals surface area contributed by atoms with E-state index in [0.29, 0.717) is 0 Å². The Bertz CT molecular complexity index is 412. The van der Waals surface area contributed by atoms with Crippen molar-refractivity contribution in [3.63, 3.8) is 0 Å². The molecule has 3 nitrogen and oxygen atoms in total. The highest BCUT2D eigenvalue weighted by Crippen LogP contribution is 2.40. The van der Waals surface area contributed by atoms with Crippen LogP contribution in [-0.4, -0.2) is 17.5 Å². The zero-order chi connectivity index (χ0) is 13.1. The van der Waals surface area contributed by atoms with Gasteiger partial charge in [0.1, 0.15) is 0 Å². The Morgan fingerprint density at radius 2 is 1.94 bits per heavy atom. The van der Waals surface area contributed by atoms with Gasteiger partial charge in [-0.1, -0.05) is 12.1 Å². The van der Waals surface area contributed by atoms with Crippen molar-refractivity contribution >= 4 is 35.8 Å². The molecule has 0 bridgehead atoms. The lowest BCUT2D eigenvalue weighted by Gasteiger charge is -2.13. The van der Waals surface area contributed by atoms with E-state index in [2.05, 4.69) is 5.32 Å². The van der Waals surface area contributed by atoms with Crippen molar-refractivity contribution in [3.8, 4) is 0 Å². The van der Waals surface area contributed by atoms with E-state index in [1.807, 2.05) is 0 Å². The molecule has 0 aliphatic heterocycles. The number of nitrogens with two attached hydrogens (primary N) is 1. The zero-order valence-corrected chi connectivity index (χ0v) is 11.0. The van der Waals surface area contributed by atoms with Crippen molar-refractivity contribution in [2.45, 2.75) is 23.4 Å². The molecule has 0 spiro atoms. The van der Waals surface area contributed by atoms with E-state index in [9.17, 15) is 18.0 Å². The Morgan fingerprint density at radius 1 is 1.39 bits per heavy atom. The van der Waals surface area contributed by atoms with Crippen LogP contribution in [-0.2, 0) is 4.79 Å². The molecule has 1 atom stereocenters. The molecule has 0 heterocycles. The number of hydrogen-bond acceptors (Lipinski definition) is 3. The maximum atomic E-state index is 12.2. The first kappa shape index (κ1) is 17.1. The van der Waals surface area contributed by atoms with Crippen molar-refractivity contribution < 1.29 is 18.0 Å². The first-order valence-corrected chi connectivity index (χ1v) is 5.52. The van der Waals surface area contributed by atoms with Gasteiger partial charge in [0.05, 0.1) is 11.7 Å².